The van der Waals surface area contributed by atoms with Gasteiger partial charge in [-0.3, -0.25) is 4.79 Å². The van der Waals surface area contributed by atoms with Crippen LogP contribution in [0.25, 0.3) is 0 Å². The Kier molecular flexibility index (Phi) is 5.66. The lowest BCUT2D eigenvalue weighted by Crippen LogP contribution is -2.43. The molecule has 0 aliphatic heterocycles. The van der Waals surface area contributed by atoms with Gasteiger partial charge in [0.25, 0.3) is 0 Å². The van der Waals surface area contributed by atoms with Gasteiger partial charge in [-0.1, -0.05) is 0 Å². The molecular formula is C9H20N2O2. The molecule has 0 aromatic rings. The van der Waals surface area contributed by atoms with Crippen molar-refractivity contribution in [3.8, 4) is 0 Å². The fraction of sp³-hybridized carbons (Fsp3) is 0.889. The molecule has 0 aliphatic rings. The van der Waals surface area contributed by atoms with Gasteiger partial charge in [-0.05, 0) is 26.8 Å². The van der Waals surface area contributed by atoms with Crippen molar-refractivity contribution in [2.75, 3.05) is 20.2 Å². The summed E-state index contributed by atoms with van der Waals surface area (Å²) in [4.78, 5) is 10.8. The summed E-state index contributed by atoms with van der Waals surface area (Å²) in [5.74, 6) is 0.0589. The van der Waals surface area contributed by atoms with Crippen molar-refractivity contribution < 1.29 is 9.90 Å². The molecule has 3 N–H and O–H groups in total. The van der Waals surface area contributed by atoms with Gasteiger partial charge >= 0.3 is 0 Å². The first-order valence-corrected chi connectivity index (χ1v) is 4.58. The molecule has 13 heavy (non-hydrogen) atoms. The molecule has 1 amide bonds. The molecule has 0 bridgehead atoms. The van der Waals surface area contributed by atoms with E-state index in [-0.39, 0.29) is 18.1 Å². The topological polar surface area (TPSA) is 61.4 Å². The van der Waals surface area contributed by atoms with E-state index in [1.54, 1.807) is 7.05 Å². The number of aliphatic hydroxyl groups is 1. The number of carbonyl (C=O) groups excluding carboxylic acids is 1. The minimum absolute atomic E-state index is 0.0589. The molecule has 0 unspecified atom stereocenters. The predicted molar refractivity (Wildman–Crippen MR) is 52.5 cm³/mol. The first-order valence-electron chi connectivity index (χ1n) is 4.58. The van der Waals surface area contributed by atoms with Crippen molar-refractivity contribution >= 4 is 5.91 Å². The van der Waals surface area contributed by atoms with Crippen LogP contribution in [0.4, 0.5) is 0 Å². The zero-order valence-corrected chi connectivity index (χ0v) is 8.68. The standard InChI is InChI=1S/C9H20N2O2/c1-9(2,7-12)11-6-4-5-8(13)10-3/h11-12H,4-7H2,1-3H3,(H,10,13). The Bertz CT molecular complexity index is 158. The highest BCUT2D eigenvalue weighted by molar-refractivity contribution is 5.75. The fourth-order valence-corrected chi connectivity index (χ4v) is 0.857. The van der Waals surface area contributed by atoms with Gasteiger partial charge in [0.2, 0.25) is 5.91 Å². The second kappa shape index (κ2) is 5.94. The fourth-order valence-electron chi connectivity index (χ4n) is 0.857. The van der Waals surface area contributed by atoms with Crippen molar-refractivity contribution in [3.05, 3.63) is 0 Å². The van der Waals surface area contributed by atoms with Gasteiger partial charge in [0.15, 0.2) is 0 Å². The molecule has 0 aliphatic carbocycles. The lowest BCUT2D eigenvalue weighted by molar-refractivity contribution is -0.120. The molecule has 0 aromatic heterocycles. The first kappa shape index (κ1) is 12.4. The molecule has 0 spiro atoms. The third-order valence-electron chi connectivity index (χ3n) is 1.86. The summed E-state index contributed by atoms with van der Waals surface area (Å²) in [7, 11) is 1.63. The van der Waals surface area contributed by atoms with Gasteiger partial charge in [0.05, 0.1) is 6.61 Å². The van der Waals surface area contributed by atoms with Crippen LogP contribution in [0.2, 0.25) is 0 Å². The summed E-state index contributed by atoms with van der Waals surface area (Å²) in [6, 6.07) is 0. The Hall–Kier alpha value is -0.610. The smallest absolute Gasteiger partial charge is 0.219 e. The Labute approximate surface area is 79.7 Å². The van der Waals surface area contributed by atoms with E-state index in [0.717, 1.165) is 13.0 Å². The van der Waals surface area contributed by atoms with Crippen LogP contribution in [0.5, 0.6) is 0 Å². The summed E-state index contributed by atoms with van der Waals surface area (Å²) in [6.07, 6.45) is 1.33. The molecule has 0 heterocycles. The van der Waals surface area contributed by atoms with Gasteiger partial charge < -0.3 is 15.7 Å². The second-order valence-corrected chi connectivity index (χ2v) is 3.75. The van der Waals surface area contributed by atoms with Crippen LogP contribution in [-0.4, -0.2) is 36.8 Å². The number of nitrogens with one attached hydrogen (secondary N) is 2. The highest BCUT2D eigenvalue weighted by atomic mass is 16.3. The van der Waals surface area contributed by atoms with Crippen LogP contribution in [0.1, 0.15) is 26.7 Å². The highest BCUT2D eigenvalue weighted by Gasteiger charge is 2.14. The van der Waals surface area contributed by atoms with Crippen LogP contribution in [0, 0.1) is 0 Å². The van der Waals surface area contributed by atoms with Crippen LogP contribution >= 0.6 is 0 Å². The summed E-state index contributed by atoms with van der Waals surface area (Å²) >= 11 is 0. The number of aliphatic hydroxyl groups excluding tert-OH is 1. The van der Waals surface area contributed by atoms with Gasteiger partial charge in [-0.2, -0.15) is 0 Å². The Morgan fingerprint density at radius 1 is 1.46 bits per heavy atom. The largest absolute Gasteiger partial charge is 0.394 e. The van der Waals surface area contributed by atoms with E-state index in [4.69, 9.17) is 5.11 Å². The lowest BCUT2D eigenvalue weighted by atomic mass is 10.1. The molecule has 4 nitrogen and oxygen atoms in total. The zero-order valence-electron chi connectivity index (χ0n) is 8.68. The number of hydrogen-bond acceptors (Lipinski definition) is 3. The Morgan fingerprint density at radius 3 is 2.54 bits per heavy atom. The van der Waals surface area contributed by atoms with Crippen molar-refractivity contribution in [1.29, 1.82) is 0 Å². The van der Waals surface area contributed by atoms with E-state index in [1.165, 1.54) is 0 Å². The maximum Gasteiger partial charge on any atom is 0.219 e. The van der Waals surface area contributed by atoms with Crippen molar-refractivity contribution in [1.82, 2.24) is 10.6 Å². The average molecular weight is 188 g/mol. The van der Waals surface area contributed by atoms with E-state index in [0.29, 0.717) is 6.42 Å². The molecule has 0 saturated carbocycles. The third kappa shape index (κ3) is 6.54. The maximum atomic E-state index is 10.8. The zero-order chi connectivity index (χ0) is 10.3. The van der Waals surface area contributed by atoms with Crippen molar-refractivity contribution in [3.63, 3.8) is 0 Å². The van der Waals surface area contributed by atoms with Crippen molar-refractivity contribution in [2.45, 2.75) is 32.2 Å². The quantitative estimate of drug-likeness (QED) is 0.509. The van der Waals surface area contributed by atoms with Crippen LogP contribution in [0.15, 0.2) is 0 Å². The molecular weight excluding hydrogens is 168 g/mol. The minimum atomic E-state index is -0.247. The lowest BCUT2D eigenvalue weighted by Gasteiger charge is -2.23. The molecule has 0 saturated heterocycles. The molecule has 78 valence electrons. The van der Waals surface area contributed by atoms with Crippen LogP contribution in [0.3, 0.4) is 0 Å². The molecule has 0 radical (unpaired) electrons. The summed E-state index contributed by atoms with van der Waals surface area (Å²) in [6.45, 7) is 4.70. The number of hydrogen-bond donors (Lipinski definition) is 3. The molecule has 0 atom stereocenters. The van der Waals surface area contributed by atoms with Crippen LogP contribution in [-0.2, 0) is 4.79 Å². The van der Waals surface area contributed by atoms with Gasteiger partial charge in [-0.25, -0.2) is 0 Å². The second-order valence-electron chi connectivity index (χ2n) is 3.75. The predicted octanol–water partition coefficient (Wildman–Crippen LogP) is -0.127. The van der Waals surface area contributed by atoms with Crippen LogP contribution < -0.4 is 10.6 Å². The third-order valence-corrected chi connectivity index (χ3v) is 1.86. The summed E-state index contributed by atoms with van der Waals surface area (Å²) in [5, 5.41) is 14.6. The number of amides is 1. The highest BCUT2D eigenvalue weighted by Crippen LogP contribution is 1.99. The first-order chi connectivity index (χ1) is 6.02. The van der Waals surface area contributed by atoms with E-state index in [2.05, 4.69) is 10.6 Å². The molecule has 0 fully saturated rings. The normalized spacial score (nSPS) is 11.4. The molecule has 4 heteroatoms. The van der Waals surface area contributed by atoms with Crippen molar-refractivity contribution in [2.24, 2.45) is 0 Å². The Balaban J connectivity index is 3.41. The van der Waals surface area contributed by atoms with E-state index in [9.17, 15) is 4.79 Å². The SMILES string of the molecule is CNC(=O)CCCNC(C)(C)CO. The maximum absolute atomic E-state index is 10.8. The van der Waals surface area contributed by atoms with E-state index >= 15 is 0 Å². The van der Waals surface area contributed by atoms with Gasteiger partial charge in [-0.15, -0.1) is 0 Å². The number of carbonyl (C=O) groups is 1. The minimum Gasteiger partial charge on any atom is -0.394 e. The molecule has 0 rings (SSSR count). The average Bonchev–Trinajstić information content (AvgIpc) is 2.12. The number of rotatable bonds is 6. The van der Waals surface area contributed by atoms with E-state index < -0.39 is 0 Å². The Morgan fingerprint density at radius 2 is 2.08 bits per heavy atom. The van der Waals surface area contributed by atoms with Gasteiger partial charge in [0.1, 0.15) is 0 Å². The summed E-state index contributed by atoms with van der Waals surface area (Å²) in [5.41, 5.74) is -0.247. The van der Waals surface area contributed by atoms with E-state index in [1.807, 2.05) is 13.8 Å². The van der Waals surface area contributed by atoms with Gasteiger partial charge in [0, 0.05) is 19.0 Å². The monoisotopic (exact) mass is 188 g/mol. The molecule has 0 aromatic carbocycles. The summed E-state index contributed by atoms with van der Waals surface area (Å²) < 4.78 is 0.